The number of esters is 1. The van der Waals surface area contributed by atoms with Crippen LogP contribution in [0.2, 0.25) is 0 Å². The predicted molar refractivity (Wildman–Crippen MR) is 76.4 cm³/mol. The average Bonchev–Trinajstić information content (AvgIpc) is 2.80. The highest BCUT2D eigenvalue weighted by molar-refractivity contribution is 6.01. The molecule has 0 spiro atoms. The number of nitrogens with two attached hydrogens (primary N) is 1. The Balaban J connectivity index is 2.60. The molecule has 0 aliphatic carbocycles. The summed E-state index contributed by atoms with van der Waals surface area (Å²) in [5.41, 5.74) is 1.03. The fourth-order valence-electron chi connectivity index (χ4n) is 2.82. The first kappa shape index (κ1) is 20.9. The highest BCUT2D eigenvalue weighted by Gasteiger charge is 2.47. The van der Waals surface area contributed by atoms with Crippen molar-refractivity contribution in [2.45, 2.75) is 38.0 Å². The lowest BCUT2D eigenvalue weighted by Crippen LogP contribution is -2.39. The molecule has 1 aromatic rings. The van der Waals surface area contributed by atoms with Crippen molar-refractivity contribution in [2.75, 3.05) is 11.5 Å². The van der Waals surface area contributed by atoms with Gasteiger partial charge in [-0.05, 0) is 13.3 Å². The largest absolute Gasteiger partial charge is 0.466 e. The predicted octanol–water partition coefficient (Wildman–Crippen LogP) is 2.65. The number of hydrogen-bond donors (Lipinski definition) is 1. The van der Waals surface area contributed by atoms with Crippen LogP contribution in [0, 0.1) is 23.3 Å². The number of carbonyl (C=O) groups is 2. The van der Waals surface area contributed by atoms with Gasteiger partial charge in [0.2, 0.25) is 5.91 Å². The molecule has 2 rings (SSSR count). The van der Waals surface area contributed by atoms with Gasteiger partial charge in [-0.2, -0.15) is 13.2 Å². The molecule has 150 valence electrons. The Kier molecular flexibility index (Phi) is 5.68. The van der Waals surface area contributed by atoms with Gasteiger partial charge >= 0.3 is 12.1 Å². The van der Waals surface area contributed by atoms with E-state index in [4.69, 9.17) is 5.73 Å². The van der Waals surface area contributed by atoms with E-state index in [2.05, 4.69) is 4.74 Å². The first-order valence-electron chi connectivity index (χ1n) is 7.59. The zero-order valence-corrected chi connectivity index (χ0v) is 13.7. The number of anilines is 1. The maximum Gasteiger partial charge on any atom is 0.422 e. The quantitative estimate of drug-likeness (QED) is 0.478. The molecule has 1 amide bonds. The molecule has 12 heteroatoms. The minimum atomic E-state index is -5.72. The van der Waals surface area contributed by atoms with E-state index in [1.165, 1.54) is 6.92 Å². The number of amides is 1. The van der Waals surface area contributed by atoms with Crippen molar-refractivity contribution in [3.8, 4) is 0 Å². The fourth-order valence-corrected chi connectivity index (χ4v) is 2.82. The summed E-state index contributed by atoms with van der Waals surface area (Å²) in [6.07, 6.45) is -6.68. The summed E-state index contributed by atoms with van der Waals surface area (Å²) in [6, 6.07) is -2.73. The maximum absolute atomic E-state index is 14.2. The molecule has 2 N–H and O–H groups in total. The standard InChI is InChI=1S/C15H13F7N2O3/c1-2-27-7(25)4-5-3-6(23)14(26)24(5)13-11(18)9(16)8(15(20,21)22)10(17)12(13)19/h5-6H,2-4,23H2,1H3/t5?,6-/m0/s1. The van der Waals surface area contributed by atoms with Gasteiger partial charge in [0.25, 0.3) is 0 Å². The number of rotatable bonds is 4. The zero-order chi connectivity index (χ0) is 20.7. The molecule has 0 aromatic heterocycles. The molecule has 1 unspecified atom stereocenters. The topological polar surface area (TPSA) is 72.6 Å². The van der Waals surface area contributed by atoms with Crippen molar-refractivity contribution in [2.24, 2.45) is 5.73 Å². The Morgan fingerprint density at radius 3 is 2.11 bits per heavy atom. The van der Waals surface area contributed by atoms with E-state index >= 15 is 0 Å². The smallest absolute Gasteiger partial charge is 0.422 e. The van der Waals surface area contributed by atoms with E-state index in [-0.39, 0.29) is 17.9 Å². The average molecular weight is 402 g/mol. The van der Waals surface area contributed by atoms with E-state index < -0.39 is 71.1 Å². The molecule has 1 fully saturated rings. The van der Waals surface area contributed by atoms with Gasteiger partial charge in [-0.3, -0.25) is 9.59 Å². The Morgan fingerprint density at radius 1 is 1.15 bits per heavy atom. The number of hydrogen-bond acceptors (Lipinski definition) is 4. The minimum Gasteiger partial charge on any atom is -0.466 e. The molecule has 0 radical (unpaired) electrons. The molecule has 1 aliphatic rings. The van der Waals surface area contributed by atoms with Gasteiger partial charge in [0.05, 0.1) is 19.1 Å². The molecular formula is C15H13F7N2O3. The van der Waals surface area contributed by atoms with Crippen molar-refractivity contribution in [1.29, 1.82) is 0 Å². The van der Waals surface area contributed by atoms with E-state index in [1.54, 1.807) is 0 Å². The van der Waals surface area contributed by atoms with Crippen molar-refractivity contribution >= 4 is 17.6 Å². The van der Waals surface area contributed by atoms with Crippen molar-refractivity contribution in [3.05, 3.63) is 28.8 Å². The molecule has 1 aromatic carbocycles. The molecule has 0 saturated carbocycles. The molecule has 0 bridgehead atoms. The Labute approximate surface area is 147 Å². The molecular weight excluding hydrogens is 389 g/mol. The summed E-state index contributed by atoms with van der Waals surface area (Å²) in [5, 5.41) is 0. The van der Waals surface area contributed by atoms with Crippen LogP contribution in [0.25, 0.3) is 0 Å². The summed E-state index contributed by atoms with van der Waals surface area (Å²) in [7, 11) is 0. The fraction of sp³-hybridized carbons (Fsp3) is 0.467. The van der Waals surface area contributed by atoms with Gasteiger partial charge in [-0.25, -0.2) is 17.6 Å². The van der Waals surface area contributed by atoms with Crippen molar-refractivity contribution in [1.82, 2.24) is 0 Å². The van der Waals surface area contributed by atoms with Crippen LogP contribution in [-0.4, -0.2) is 30.6 Å². The van der Waals surface area contributed by atoms with Crippen LogP contribution >= 0.6 is 0 Å². The van der Waals surface area contributed by atoms with Gasteiger partial charge in [-0.15, -0.1) is 0 Å². The first-order chi connectivity index (χ1) is 12.4. The van der Waals surface area contributed by atoms with Crippen molar-refractivity contribution in [3.63, 3.8) is 0 Å². The van der Waals surface area contributed by atoms with E-state index in [0.29, 0.717) is 0 Å². The Morgan fingerprint density at radius 2 is 1.67 bits per heavy atom. The number of halogens is 7. The number of alkyl halides is 3. The van der Waals surface area contributed by atoms with Gasteiger partial charge < -0.3 is 15.4 Å². The second-order valence-electron chi connectivity index (χ2n) is 5.69. The SMILES string of the molecule is CCOC(=O)CC1C[C@H](N)C(=O)N1c1c(F)c(F)c(C(F)(F)F)c(F)c1F. The summed E-state index contributed by atoms with van der Waals surface area (Å²) in [6.45, 7) is 1.40. The minimum absolute atomic E-state index is 0.0577. The van der Waals surface area contributed by atoms with Gasteiger partial charge in [0.15, 0.2) is 23.3 Å². The van der Waals surface area contributed by atoms with Crippen LogP contribution < -0.4 is 10.6 Å². The van der Waals surface area contributed by atoms with Gasteiger partial charge in [-0.1, -0.05) is 0 Å². The van der Waals surface area contributed by atoms with Crippen molar-refractivity contribution < 1.29 is 45.1 Å². The molecule has 1 saturated heterocycles. The Bertz CT molecular complexity index is 753. The first-order valence-corrected chi connectivity index (χ1v) is 7.59. The second kappa shape index (κ2) is 7.33. The van der Waals surface area contributed by atoms with Crippen LogP contribution in [-0.2, 0) is 20.5 Å². The highest BCUT2D eigenvalue weighted by atomic mass is 19.4. The monoisotopic (exact) mass is 402 g/mol. The van der Waals surface area contributed by atoms with Crippen LogP contribution in [0.5, 0.6) is 0 Å². The number of carbonyl (C=O) groups excluding carboxylic acids is 2. The maximum atomic E-state index is 14.2. The molecule has 1 heterocycles. The normalized spacial score (nSPS) is 20.3. The lowest BCUT2D eigenvalue weighted by Gasteiger charge is -2.26. The van der Waals surface area contributed by atoms with Gasteiger partial charge in [0, 0.05) is 6.04 Å². The summed E-state index contributed by atoms with van der Waals surface area (Å²) in [5.74, 6) is -12.4. The summed E-state index contributed by atoms with van der Waals surface area (Å²) in [4.78, 5) is 23.9. The third-order valence-electron chi connectivity index (χ3n) is 3.92. The zero-order valence-electron chi connectivity index (χ0n) is 13.7. The van der Waals surface area contributed by atoms with E-state index in [9.17, 15) is 40.3 Å². The molecule has 1 aliphatic heterocycles. The van der Waals surface area contributed by atoms with Crippen LogP contribution in [0.15, 0.2) is 0 Å². The molecule has 27 heavy (non-hydrogen) atoms. The highest BCUT2D eigenvalue weighted by Crippen LogP contribution is 2.41. The Hall–Kier alpha value is -2.37. The summed E-state index contributed by atoms with van der Waals surface area (Å²) >= 11 is 0. The van der Waals surface area contributed by atoms with Gasteiger partial charge in [0.1, 0.15) is 11.3 Å². The van der Waals surface area contributed by atoms with Crippen LogP contribution in [0.3, 0.4) is 0 Å². The number of nitrogens with zero attached hydrogens (tertiary/aromatic N) is 1. The second-order valence-corrected chi connectivity index (χ2v) is 5.69. The van der Waals surface area contributed by atoms with E-state index in [1.807, 2.05) is 0 Å². The third-order valence-corrected chi connectivity index (χ3v) is 3.92. The molecule has 2 atom stereocenters. The summed E-state index contributed by atoms with van der Waals surface area (Å²) < 4.78 is 98.7. The number of ether oxygens (including phenoxy) is 1. The molecule has 5 nitrogen and oxygen atoms in total. The lowest BCUT2D eigenvalue weighted by molar-refractivity contribution is -0.144. The lowest BCUT2D eigenvalue weighted by atomic mass is 10.1. The third kappa shape index (κ3) is 3.70. The van der Waals surface area contributed by atoms with Crippen LogP contribution in [0.1, 0.15) is 25.3 Å². The number of benzene rings is 1. The van der Waals surface area contributed by atoms with Crippen LogP contribution in [0.4, 0.5) is 36.4 Å². The van der Waals surface area contributed by atoms with E-state index in [0.717, 1.165) is 0 Å².